The minimum Gasteiger partial charge on any atom is -0.486 e. The highest BCUT2D eigenvalue weighted by Crippen LogP contribution is 2.52. The van der Waals surface area contributed by atoms with Gasteiger partial charge in [0.15, 0.2) is 11.5 Å². The van der Waals surface area contributed by atoms with Crippen LogP contribution in [-0.2, 0) is 5.41 Å². The lowest BCUT2D eigenvalue weighted by molar-refractivity contribution is 0.172. The zero-order valence-electron chi connectivity index (χ0n) is 35.8. The number of hydrogen-bond acceptors (Lipinski definition) is 6. The Morgan fingerprint density at radius 3 is 1.81 bits per heavy atom. The van der Waals surface area contributed by atoms with Gasteiger partial charge in [-0.3, -0.25) is 0 Å². The summed E-state index contributed by atoms with van der Waals surface area (Å²) in [5.74, 6) is 3.26. The highest BCUT2D eigenvalue weighted by Gasteiger charge is 2.46. The van der Waals surface area contributed by atoms with Crippen molar-refractivity contribution < 1.29 is 18.3 Å². The van der Waals surface area contributed by atoms with Gasteiger partial charge in [0, 0.05) is 44.6 Å². The Hall–Kier alpha value is -7.12. The second kappa shape index (κ2) is 13.4. The molecule has 0 amide bonds. The van der Waals surface area contributed by atoms with E-state index in [2.05, 4.69) is 161 Å². The quantitative estimate of drug-likeness (QED) is 0.165. The normalized spacial score (nSPS) is 14.0. The van der Waals surface area contributed by atoms with E-state index in [4.69, 9.17) is 18.3 Å². The van der Waals surface area contributed by atoms with Crippen molar-refractivity contribution in [2.75, 3.05) is 23.0 Å². The predicted octanol–water partition coefficient (Wildman–Crippen LogP) is 12.6. The van der Waals surface area contributed by atoms with Crippen molar-refractivity contribution in [3.63, 3.8) is 0 Å². The van der Waals surface area contributed by atoms with Crippen LogP contribution in [0.1, 0.15) is 43.0 Å². The summed E-state index contributed by atoms with van der Waals surface area (Å²) >= 11 is 0. The Balaban J connectivity index is 1.12. The van der Waals surface area contributed by atoms with Crippen molar-refractivity contribution in [1.82, 2.24) is 0 Å². The minimum atomic E-state index is -0.123. The van der Waals surface area contributed by atoms with Crippen molar-refractivity contribution >= 4 is 79.2 Å². The molecule has 0 unspecified atom stereocenters. The molecule has 6 nitrogen and oxygen atoms in total. The third-order valence-electron chi connectivity index (χ3n) is 13.0. The van der Waals surface area contributed by atoms with Crippen molar-refractivity contribution in [3.8, 4) is 34.1 Å². The van der Waals surface area contributed by atoms with Crippen LogP contribution in [0.25, 0.3) is 44.6 Å². The summed E-state index contributed by atoms with van der Waals surface area (Å²) in [6.07, 6.45) is 0. The van der Waals surface area contributed by atoms with Gasteiger partial charge < -0.3 is 28.1 Å². The van der Waals surface area contributed by atoms with Crippen LogP contribution in [0.5, 0.6) is 11.5 Å². The van der Waals surface area contributed by atoms with Crippen LogP contribution in [0.2, 0.25) is 0 Å². The monoisotopic (exact) mass is 808 g/mol. The molecule has 7 aromatic carbocycles. The van der Waals surface area contributed by atoms with E-state index in [1.165, 1.54) is 38.6 Å². The molecule has 2 aromatic heterocycles. The molecule has 0 radical (unpaired) electrons. The van der Waals surface area contributed by atoms with Gasteiger partial charge in [-0.2, -0.15) is 0 Å². The molecule has 62 heavy (non-hydrogen) atoms. The van der Waals surface area contributed by atoms with E-state index in [1.807, 2.05) is 30.3 Å². The Bertz CT molecular complexity index is 3210. The van der Waals surface area contributed by atoms with Gasteiger partial charge >= 0.3 is 0 Å². The highest BCUT2D eigenvalue weighted by molar-refractivity contribution is 7.00. The van der Waals surface area contributed by atoms with E-state index in [9.17, 15) is 0 Å². The first-order valence-electron chi connectivity index (χ1n) is 21.6. The molecule has 0 saturated heterocycles. The average molecular weight is 809 g/mol. The molecule has 0 atom stereocenters. The van der Waals surface area contributed by atoms with Gasteiger partial charge in [-0.25, -0.2) is 0 Å². The summed E-state index contributed by atoms with van der Waals surface area (Å²) in [7, 11) is 0. The van der Waals surface area contributed by atoms with Crippen molar-refractivity contribution in [2.24, 2.45) is 0 Å². The molecule has 7 heteroatoms. The predicted molar refractivity (Wildman–Crippen MR) is 255 cm³/mol. The molecule has 9 aromatic rings. The summed E-state index contributed by atoms with van der Waals surface area (Å²) in [6.45, 7) is 14.5. The third-order valence-corrected chi connectivity index (χ3v) is 13.0. The van der Waals surface area contributed by atoms with Crippen LogP contribution in [0, 0.1) is 20.8 Å². The summed E-state index contributed by atoms with van der Waals surface area (Å²) < 4.78 is 25.9. The van der Waals surface area contributed by atoms with E-state index < -0.39 is 0 Å². The standard InChI is InChI=1S/C55H45BN2O4/c1-32-25-44-51-45(26-32)58(52-33(2)27-39(28-34(52)3)55(4,5)6)53-41(20-22-48-54(53)60-24-23-59-48)56(51)42-29-38(50-31-37-12-8-10-14-47(37)62-50)17-21-43(42)57(44)40-18-15-35(16-19-40)49-30-36-11-7-9-13-46(36)61-49/h7-22,25-31H,23-24H2,1-6H3. The number of ether oxygens (including phenoxy) is 2. The van der Waals surface area contributed by atoms with Crippen LogP contribution < -0.4 is 35.7 Å². The maximum Gasteiger partial charge on any atom is 0.252 e. The van der Waals surface area contributed by atoms with Gasteiger partial charge in [-0.05, 0) is 144 Å². The number of aryl methyl sites for hydroxylation is 3. The minimum absolute atomic E-state index is 0.000711. The van der Waals surface area contributed by atoms with Crippen LogP contribution in [-0.4, -0.2) is 19.9 Å². The number of anilines is 6. The zero-order chi connectivity index (χ0) is 42.0. The second-order valence-electron chi connectivity index (χ2n) is 18.2. The van der Waals surface area contributed by atoms with Crippen LogP contribution in [0.15, 0.2) is 148 Å². The third kappa shape index (κ3) is 5.57. The first kappa shape index (κ1) is 36.7. The number of furan rings is 2. The number of benzene rings is 7. The second-order valence-corrected chi connectivity index (χ2v) is 18.2. The fraction of sp³-hybridized carbons (Fsp3) is 0.164. The van der Waals surface area contributed by atoms with E-state index in [1.54, 1.807) is 0 Å². The lowest BCUT2D eigenvalue weighted by Gasteiger charge is -2.45. The summed E-state index contributed by atoms with van der Waals surface area (Å²) in [6, 6.07) is 50.2. The Labute approximate surface area is 362 Å². The van der Waals surface area contributed by atoms with Crippen molar-refractivity contribution in [1.29, 1.82) is 0 Å². The number of nitrogens with zero attached hydrogens (tertiary/aromatic N) is 2. The molecule has 0 saturated carbocycles. The number of hydrogen-bond donors (Lipinski definition) is 0. The van der Waals surface area contributed by atoms with Crippen molar-refractivity contribution in [3.05, 3.63) is 162 Å². The smallest absolute Gasteiger partial charge is 0.252 e. The van der Waals surface area contributed by atoms with Gasteiger partial charge in [-0.1, -0.05) is 81.4 Å². The Kier molecular flexibility index (Phi) is 7.96. The van der Waals surface area contributed by atoms with Crippen LogP contribution in [0.4, 0.5) is 34.1 Å². The molecule has 3 aliphatic rings. The number of fused-ring (bicyclic) bond motifs is 8. The summed E-state index contributed by atoms with van der Waals surface area (Å²) in [5.41, 5.74) is 19.0. The maximum atomic E-state index is 6.69. The fourth-order valence-corrected chi connectivity index (χ4v) is 10.2. The molecular weight excluding hydrogens is 763 g/mol. The van der Waals surface area contributed by atoms with Crippen LogP contribution in [0.3, 0.4) is 0 Å². The van der Waals surface area contributed by atoms with Gasteiger partial charge in [0.05, 0.1) is 11.4 Å². The molecular formula is C55H45BN2O4. The van der Waals surface area contributed by atoms with E-state index in [0.717, 1.165) is 90.2 Å². The van der Waals surface area contributed by atoms with E-state index in [-0.39, 0.29) is 12.1 Å². The molecule has 0 aliphatic carbocycles. The lowest BCUT2D eigenvalue weighted by Crippen LogP contribution is -2.61. The van der Waals surface area contributed by atoms with Gasteiger partial charge in [-0.15, -0.1) is 0 Å². The molecule has 5 heterocycles. The average Bonchev–Trinajstić information content (AvgIpc) is 3.91. The van der Waals surface area contributed by atoms with Gasteiger partial charge in [0.25, 0.3) is 6.71 Å². The first-order valence-corrected chi connectivity index (χ1v) is 21.6. The molecule has 12 rings (SSSR count). The summed E-state index contributed by atoms with van der Waals surface area (Å²) in [5, 5.41) is 2.18. The fourth-order valence-electron chi connectivity index (χ4n) is 10.2. The molecule has 302 valence electrons. The highest BCUT2D eigenvalue weighted by atomic mass is 16.6. The number of para-hydroxylation sites is 2. The van der Waals surface area contributed by atoms with E-state index in [0.29, 0.717) is 13.2 Å². The molecule has 3 aliphatic heterocycles. The van der Waals surface area contributed by atoms with Gasteiger partial charge in [0.1, 0.15) is 35.9 Å². The van der Waals surface area contributed by atoms with Crippen LogP contribution >= 0.6 is 0 Å². The Morgan fingerprint density at radius 2 is 1.15 bits per heavy atom. The zero-order valence-corrected chi connectivity index (χ0v) is 35.8. The number of rotatable bonds is 4. The lowest BCUT2D eigenvalue weighted by atomic mass is 9.33. The molecule has 0 spiro atoms. The van der Waals surface area contributed by atoms with E-state index >= 15 is 0 Å². The SMILES string of the molecule is Cc1cc2c3c(c1)N(c1c(C)cc(C(C)(C)C)cc1C)c1c(ccc4c1OCCO4)B3c1cc(-c3cc4ccccc4o3)ccc1N2c1ccc(-c2cc3ccccc3o2)cc1. The molecule has 0 N–H and O–H groups in total. The molecule has 0 fully saturated rings. The summed E-state index contributed by atoms with van der Waals surface area (Å²) in [4.78, 5) is 4.94. The largest absolute Gasteiger partial charge is 0.486 e. The van der Waals surface area contributed by atoms with Gasteiger partial charge in [0.2, 0.25) is 0 Å². The topological polar surface area (TPSA) is 51.2 Å². The molecule has 0 bridgehead atoms. The maximum absolute atomic E-state index is 6.69. The first-order chi connectivity index (χ1) is 30.1. The Morgan fingerprint density at radius 1 is 0.532 bits per heavy atom. The van der Waals surface area contributed by atoms with Crippen molar-refractivity contribution in [2.45, 2.75) is 47.0 Å².